The molecule has 0 bridgehead atoms. The molecule has 1 aromatic rings. The SMILES string of the molecule is CCn1ccnc1[C@H]1OCC[C@@H]1NC(=O)C(C)OCC1CC1. The van der Waals surface area contributed by atoms with E-state index in [1.807, 2.05) is 13.1 Å². The third-order valence-corrected chi connectivity index (χ3v) is 4.41. The smallest absolute Gasteiger partial charge is 0.249 e. The van der Waals surface area contributed by atoms with Crippen LogP contribution in [0.5, 0.6) is 0 Å². The van der Waals surface area contributed by atoms with E-state index in [4.69, 9.17) is 9.47 Å². The van der Waals surface area contributed by atoms with Crippen LogP contribution < -0.4 is 5.32 Å². The molecule has 1 aromatic heterocycles. The first-order valence-electron chi connectivity index (χ1n) is 8.23. The van der Waals surface area contributed by atoms with Crippen molar-refractivity contribution in [2.45, 2.75) is 57.9 Å². The summed E-state index contributed by atoms with van der Waals surface area (Å²) < 4.78 is 13.5. The molecule has 0 spiro atoms. The van der Waals surface area contributed by atoms with Crippen molar-refractivity contribution in [3.63, 3.8) is 0 Å². The largest absolute Gasteiger partial charge is 0.368 e. The number of nitrogens with zero attached hydrogens (tertiary/aromatic N) is 2. The molecular weight excluding hydrogens is 282 g/mol. The van der Waals surface area contributed by atoms with E-state index in [9.17, 15) is 4.79 Å². The minimum atomic E-state index is -0.409. The molecule has 122 valence electrons. The molecule has 1 N–H and O–H groups in total. The number of hydrogen-bond acceptors (Lipinski definition) is 4. The quantitative estimate of drug-likeness (QED) is 0.832. The Morgan fingerprint density at radius 3 is 3.09 bits per heavy atom. The lowest BCUT2D eigenvalue weighted by molar-refractivity contribution is -0.133. The molecule has 1 aliphatic heterocycles. The molecule has 1 saturated carbocycles. The molecule has 2 aliphatic rings. The molecule has 2 heterocycles. The van der Waals surface area contributed by atoms with Gasteiger partial charge < -0.3 is 19.4 Å². The number of rotatable bonds is 7. The molecule has 0 aromatic carbocycles. The Balaban J connectivity index is 1.57. The summed E-state index contributed by atoms with van der Waals surface area (Å²) in [5.74, 6) is 1.49. The van der Waals surface area contributed by atoms with Gasteiger partial charge >= 0.3 is 0 Å². The number of nitrogens with one attached hydrogen (secondary N) is 1. The van der Waals surface area contributed by atoms with E-state index >= 15 is 0 Å². The topological polar surface area (TPSA) is 65.4 Å². The highest BCUT2D eigenvalue weighted by atomic mass is 16.5. The van der Waals surface area contributed by atoms with Gasteiger partial charge in [-0.15, -0.1) is 0 Å². The van der Waals surface area contributed by atoms with E-state index < -0.39 is 6.10 Å². The summed E-state index contributed by atoms with van der Waals surface area (Å²) in [7, 11) is 0. The van der Waals surface area contributed by atoms with Gasteiger partial charge in [0.15, 0.2) is 0 Å². The van der Waals surface area contributed by atoms with Gasteiger partial charge in [0.05, 0.1) is 12.6 Å². The number of carbonyl (C=O) groups excluding carboxylic acids is 1. The second-order valence-corrected chi connectivity index (χ2v) is 6.19. The van der Waals surface area contributed by atoms with Gasteiger partial charge in [0.25, 0.3) is 0 Å². The summed E-state index contributed by atoms with van der Waals surface area (Å²) in [6.07, 6.45) is 6.40. The highest BCUT2D eigenvalue weighted by Gasteiger charge is 2.35. The van der Waals surface area contributed by atoms with Crippen molar-refractivity contribution in [2.24, 2.45) is 5.92 Å². The maximum atomic E-state index is 12.3. The third-order valence-electron chi connectivity index (χ3n) is 4.41. The van der Waals surface area contributed by atoms with Gasteiger partial charge in [0.1, 0.15) is 18.0 Å². The second kappa shape index (κ2) is 6.79. The van der Waals surface area contributed by atoms with Crippen LogP contribution in [0.15, 0.2) is 12.4 Å². The van der Waals surface area contributed by atoms with Gasteiger partial charge in [0.2, 0.25) is 5.91 Å². The summed E-state index contributed by atoms with van der Waals surface area (Å²) in [6, 6.07) is -0.0350. The number of aromatic nitrogens is 2. The number of hydrogen-bond donors (Lipinski definition) is 1. The average molecular weight is 307 g/mol. The van der Waals surface area contributed by atoms with Crippen LogP contribution in [0.1, 0.15) is 45.0 Å². The summed E-state index contributed by atoms with van der Waals surface area (Å²) in [4.78, 5) is 16.7. The van der Waals surface area contributed by atoms with Gasteiger partial charge in [-0.05, 0) is 39.0 Å². The van der Waals surface area contributed by atoms with Crippen LogP contribution in [0.2, 0.25) is 0 Å². The number of carbonyl (C=O) groups is 1. The Morgan fingerprint density at radius 1 is 1.55 bits per heavy atom. The number of aryl methyl sites for hydroxylation is 1. The van der Waals surface area contributed by atoms with E-state index in [1.54, 1.807) is 6.20 Å². The van der Waals surface area contributed by atoms with Crippen LogP contribution in [-0.2, 0) is 20.8 Å². The molecule has 1 amide bonds. The fraction of sp³-hybridized carbons (Fsp3) is 0.750. The van der Waals surface area contributed by atoms with E-state index in [0.29, 0.717) is 19.1 Å². The standard InChI is InChI=1S/C16H25N3O3/c1-3-19-8-7-17-15(19)14-13(6-9-21-14)18-16(20)11(2)22-10-12-4-5-12/h7-8,11-14H,3-6,9-10H2,1-2H3,(H,18,20)/t11?,13-,14-/m0/s1. The molecule has 0 radical (unpaired) electrons. The van der Waals surface area contributed by atoms with Crippen molar-refractivity contribution in [1.29, 1.82) is 0 Å². The highest BCUT2D eigenvalue weighted by molar-refractivity contribution is 5.80. The zero-order valence-corrected chi connectivity index (χ0v) is 13.3. The predicted molar refractivity (Wildman–Crippen MR) is 81.3 cm³/mol. The van der Waals surface area contributed by atoms with E-state index in [-0.39, 0.29) is 18.1 Å². The van der Waals surface area contributed by atoms with Crippen LogP contribution in [0.25, 0.3) is 0 Å². The van der Waals surface area contributed by atoms with Gasteiger partial charge in [-0.2, -0.15) is 0 Å². The predicted octanol–water partition coefficient (Wildman–Crippen LogP) is 1.66. The van der Waals surface area contributed by atoms with Crippen LogP contribution in [-0.4, -0.2) is 40.8 Å². The first kappa shape index (κ1) is 15.5. The fourth-order valence-electron chi connectivity index (χ4n) is 2.78. The van der Waals surface area contributed by atoms with E-state index in [2.05, 4.69) is 21.8 Å². The van der Waals surface area contributed by atoms with Crippen LogP contribution in [0.3, 0.4) is 0 Å². The lowest BCUT2D eigenvalue weighted by Crippen LogP contribution is -2.43. The summed E-state index contributed by atoms with van der Waals surface area (Å²) in [5.41, 5.74) is 0. The molecule has 3 atom stereocenters. The summed E-state index contributed by atoms with van der Waals surface area (Å²) >= 11 is 0. The van der Waals surface area contributed by atoms with Crippen molar-refractivity contribution in [3.8, 4) is 0 Å². The van der Waals surface area contributed by atoms with Crippen molar-refractivity contribution in [1.82, 2.24) is 14.9 Å². The van der Waals surface area contributed by atoms with E-state index in [1.165, 1.54) is 12.8 Å². The minimum Gasteiger partial charge on any atom is -0.368 e. The lowest BCUT2D eigenvalue weighted by Gasteiger charge is -2.22. The fourth-order valence-corrected chi connectivity index (χ4v) is 2.78. The molecule has 1 saturated heterocycles. The minimum absolute atomic E-state index is 0.0350. The summed E-state index contributed by atoms with van der Waals surface area (Å²) in [5, 5.41) is 3.07. The first-order chi connectivity index (χ1) is 10.7. The second-order valence-electron chi connectivity index (χ2n) is 6.19. The zero-order chi connectivity index (χ0) is 15.5. The number of imidazole rings is 1. The van der Waals surface area contributed by atoms with Crippen LogP contribution in [0.4, 0.5) is 0 Å². The number of amides is 1. The molecule has 22 heavy (non-hydrogen) atoms. The van der Waals surface area contributed by atoms with Gasteiger partial charge in [0, 0.05) is 25.5 Å². The highest BCUT2D eigenvalue weighted by Crippen LogP contribution is 2.30. The molecule has 6 nitrogen and oxygen atoms in total. The van der Waals surface area contributed by atoms with Crippen LogP contribution >= 0.6 is 0 Å². The van der Waals surface area contributed by atoms with E-state index in [0.717, 1.165) is 18.8 Å². The third kappa shape index (κ3) is 3.50. The Bertz CT molecular complexity index is 512. The molecule has 1 aliphatic carbocycles. The van der Waals surface area contributed by atoms with Gasteiger partial charge in [-0.1, -0.05) is 0 Å². The number of ether oxygens (including phenoxy) is 2. The lowest BCUT2D eigenvalue weighted by atomic mass is 10.1. The molecule has 2 fully saturated rings. The van der Waals surface area contributed by atoms with Gasteiger partial charge in [-0.25, -0.2) is 4.98 Å². The Morgan fingerprint density at radius 2 is 2.36 bits per heavy atom. The van der Waals surface area contributed by atoms with Crippen molar-refractivity contribution < 1.29 is 14.3 Å². The first-order valence-corrected chi connectivity index (χ1v) is 8.23. The maximum absolute atomic E-state index is 12.3. The van der Waals surface area contributed by atoms with Crippen molar-refractivity contribution in [2.75, 3.05) is 13.2 Å². The molecule has 6 heteroatoms. The maximum Gasteiger partial charge on any atom is 0.249 e. The molecule has 3 rings (SSSR count). The summed E-state index contributed by atoms with van der Waals surface area (Å²) in [6.45, 7) is 6.07. The molecular formula is C16H25N3O3. The Kier molecular flexibility index (Phi) is 4.78. The van der Waals surface area contributed by atoms with Crippen molar-refractivity contribution in [3.05, 3.63) is 18.2 Å². The normalized spacial score (nSPS) is 26.1. The van der Waals surface area contributed by atoms with Gasteiger partial charge in [-0.3, -0.25) is 4.79 Å². The van der Waals surface area contributed by atoms with Crippen LogP contribution in [0, 0.1) is 5.92 Å². The molecule has 1 unspecified atom stereocenters. The monoisotopic (exact) mass is 307 g/mol. The zero-order valence-electron chi connectivity index (χ0n) is 13.3. The average Bonchev–Trinajstić information content (AvgIpc) is 3.04. The van der Waals surface area contributed by atoms with Crippen molar-refractivity contribution >= 4 is 5.91 Å². The Labute approximate surface area is 131 Å². The Hall–Kier alpha value is -1.40.